The van der Waals surface area contributed by atoms with E-state index in [4.69, 9.17) is 0 Å². The molecule has 0 aromatic heterocycles. The van der Waals surface area contributed by atoms with Gasteiger partial charge in [-0.25, -0.2) is 0 Å². The largest absolute Gasteiger partial charge is 0.416 e. The summed E-state index contributed by atoms with van der Waals surface area (Å²) in [5, 5.41) is 0. The van der Waals surface area contributed by atoms with Gasteiger partial charge in [-0.3, -0.25) is 0 Å². The first-order chi connectivity index (χ1) is 9.18. The number of alkyl halides is 6. The van der Waals surface area contributed by atoms with Crippen LogP contribution >= 0.6 is 0 Å². The molecule has 1 aliphatic rings. The van der Waals surface area contributed by atoms with Gasteiger partial charge in [0.1, 0.15) is 0 Å². The number of hydrogen-bond acceptors (Lipinski definition) is 0. The standard InChI is InChI=1S/C14H9F6/c15-13(16,17)11-5-1-3-9(7-11)10-4-2-6-12(8-10)14(18,19)20/h1,3-8H,2H2. The average Bonchev–Trinajstić information content (AvgIpc) is 2.37. The molecule has 0 saturated carbocycles. The lowest BCUT2D eigenvalue weighted by Gasteiger charge is -2.17. The molecule has 0 saturated heterocycles. The summed E-state index contributed by atoms with van der Waals surface area (Å²) in [5.41, 5.74) is -1.46. The second kappa shape index (κ2) is 5.00. The van der Waals surface area contributed by atoms with Crippen molar-refractivity contribution < 1.29 is 26.3 Å². The molecule has 0 amide bonds. The van der Waals surface area contributed by atoms with Crippen LogP contribution in [-0.4, -0.2) is 6.18 Å². The van der Waals surface area contributed by atoms with Gasteiger partial charge < -0.3 is 0 Å². The molecule has 0 heterocycles. The third kappa shape index (κ3) is 3.23. The Morgan fingerprint density at radius 3 is 2.20 bits per heavy atom. The van der Waals surface area contributed by atoms with Crippen molar-refractivity contribution in [2.24, 2.45) is 0 Å². The van der Waals surface area contributed by atoms with E-state index < -0.39 is 23.5 Å². The van der Waals surface area contributed by atoms with Gasteiger partial charge in [-0.1, -0.05) is 18.2 Å². The molecule has 1 aromatic carbocycles. The van der Waals surface area contributed by atoms with E-state index in [1.807, 2.05) is 0 Å². The topological polar surface area (TPSA) is 0 Å². The van der Waals surface area contributed by atoms with Crippen LogP contribution in [0.25, 0.3) is 5.57 Å². The van der Waals surface area contributed by atoms with Gasteiger partial charge in [0.15, 0.2) is 0 Å². The maximum atomic E-state index is 12.6. The Bertz CT molecular complexity index is 560. The van der Waals surface area contributed by atoms with Gasteiger partial charge in [-0.05, 0) is 42.2 Å². The highest BCUT2D eigenvalue weighted by Crippen LogP contribution is 2.36. The van der Waals surface area contributed by atoms with E-state index in [9.17, 15) is 26.3 Å². The number of benzene rings is 1. The molecule has 0 fully saturated rings. The third-order valence-corrected chi connectivity index (χ3v) is 2.84. The molecular formula is C14H9F6. The van der Waals surface area contributed by atoms with Gasteiger partial charge in [0.25, 0.3) is 0 Å². The van der Waals surface area contributed by atoms with E-state index in [-0.39, 0.29) is 17.6 Å². The van der Waals surface area contributed by atoms with E-state index in [0.717, 1.165) is 24.3 Å². The zero-order chi connectivity index (χ0) is 15.0. The van der Waals surface area contributed by atoms with Gasteiger partial charge in [-0.2, -0.15) is 26.3 Å². The van der Waals surface area contributed by atoms with Crippen molar-refractivity contribution in [2.75, 3.05) is 0 Å². The van der Waals surface area contributed by atoms with Crippen molar-refractivity contribution >= 4 is 5.57 Å². The van der Waals surface area contributed by atoms with Crippen LogP contribution in [0.1, 0.15) is 17.5 Å². The van der Waals surface area contributed by atoms with E-state index >= 15 is 0 Å². The molecule has 107 valence electrons. The Morgan fingerprint density at radius 1 is 0.900 bits per heavy atom. The second-order valence-electron chi connectivity index (χ2n) is 4.28. The van der Waals surface area contributed by atoms with E-state index in [2.05, 4.69) is 0 Å². The molecule has 20 heavy (non-hydrogen) atoms. The molecule has 1 aliphatic carbocycles. The Balaban J connectivity index is 2.38. The molecule has 0 unspecified atom stereocenters. The van der Waals surface area contributed by atoms with Gasteiger partial charge in [0.2, 0.25) is 0 Å². The first-order valence-electron chi connectivity index (χ1n) is 5.68. The predicted molar refractivity (Wildman–Crippen MR) is 62.5 cm³/mol. The van der Waals surface area contributed by atoms with Gasteiger partial charge in [0.05, 0.1) is 11.1 Å². The number of halogens is 6. The summed E-state index contributed by atoms with van der Waals surface area (Å²) in [6, 6.07) is 4.27. The molecule has 2 rings (SSSR count). The van der Waals surface area contributed by atoms with Crippen LogP contribution < -0.4 is 0 Å². The summed E-state index contributed by atoms with van der Waals surface area (Å²) in [5.74, 6) is 0. The second-order valence-corrected chi connectivity index (χ2v) is 4.28. The summed E-state index contributed by atoms with van der Waals surface area (Å²) in [6.45, 7) is 0. The maximum Gasteiger partial charge on any atom is 0.416 e. The smallest absolute Gasteiger partial charge is 0.166 e. The lowest BCUT2D eigenvalue weighted by Crippen LogP contribution is -2.12. The van der Waals surface area contributed by atoms with Crippen LogP contribution in [0.2, 0.25) is 0 Å². The van der Waals surface area contributed by atoms with Gasteiger partial charge >= 0.3 is 12.4 Å². The first kappa shape index (κ1) is 14.7. The number of allylic oxidation sites excluding steroid dienone is 4. The molecule has 1 radical (unpaired) electrons. The molecule has 0 nitrogen and oxygen atoms in total. The zero-order valence-corrected chi connectivity index (χ0v) is 10.0. The lowest BCUT2D eigenvalue weighted by molar-refractivity contribution is -0.137. The molecule has 0 aliphatic heterocycles. The van der Waals surface area contributed by atoms with Crippen LogP contribution in [0.3, 0.4) is 0 Å². The molecule has 0 spiro atoms. The maximum absolute atomic E-state index is 12.6. The lowest BCUT2D eigenvalue weighted by atomic mass is 9.92. The zero-order valence-electron chi connectivity index (χ0n) is 10.0. The quantitative estimate of drug-likeness (QED) is 0.625. The van der Waals surface area contributed by atoms with Crippen molar-refractivity contribution in [3.8, 4) is 0 Å². The van der Waals surface area contributed by atoms with Crippen molar-refractivity contribution in [2.45, 2.75) is 18.8 Å². The molecular weight excluding hydrogens is 282 g/mol. The summed E-state index contributed by atoms with van der Waals surface area (Å²) < 4.78 is 75.5. The Hall–Kier alpha value is -1.72. The van der Waals surface area contributed by atoms with Crippen LogP contribution in [0, 0.1) is 6.42 Å². The minimum atomic E-state index is -4.52. The van der Waals surface area contributed by atoms with Crippen LogP contribution in [0.15, 0.2) is 42.0 Å². The Kier molecular flexibility index (Phi) is 3.67. The van der Waals surface area contributed by atoms with E-state index in [1.165, 1.54) is 18.6 Å². The molecule has 0 bridgehead atoms. The third-order valence-electron chi connectivity index (χ3n) is 2.84. The summed E-state index contributed by atoms with van der Waals surface area (Å²) in [7, 11) is 0. The normalized spacial score (nSPS) is 16.7. The number of hydrogen-bond donors (Lipinski definition) is 0. The fourth-order valence-electron chi connectivity index (χ4n) is 1.87. The fraction of sp³-hybridized carbons (Fsp3) is 0.214. The highest BCUT2D eigenvalue weighted by molar-refractivity contribution is 5.76. The van der Waals surface area contributed by atoms with Crippen molar-refractivity contribution in [3.63, 3.8) is 0 Å². The van der Waals surface area contributed by atoms with Crippen molar-refractivity contribution in [3.05, 3.63) is 59.5 Å². The highest BCUT2D eigenvalue weighted by atomic mass is 19.4. The fourth-order valence-corrected chi connectivity index (χ4v) is 1.87. The number of rotatable bonds is 1. The van der Waals surface area contributed by atoms with E-state index in [0.29, 0.717) is 0 Å². The predicted octanol–water partition coefficient (Wildman–Crippen LogP) is 5.19. The molecule has 0 atom stereocenters. The van der Waals surface area contributed by atoms with Crippen molar-refractivity contribution in [1.82, 2.24) is 0 Å². The van der Waals surface area contributed by atoms with Gasteiger partial charge in [0, 0.05) is 0 Å². The Labute approximate surface area is 111 Å². The highest BCUT2D eigenvalue weighted by Gasteiger charge is 2.34. The van der Waals surface area contributed by atoms with Crippen LogP contribution in [0.5, 0.6) is 0 Å². The monoisotopic (exact) mass is 291 g/mol. The van der Waals surface area contributed by atoms with Crippen LogP contribution in [0.4, 0.5) is 26.3 Å². The van der Waals surface area contributed by atoms with Crippen molar-refractivity contribution in [1.29, 1.82) is 0 Å². The minimum Gasteiger partial charge on any atom is -0.166 e. The molecule has 0 N–H and O–H groups in total. The average molecular weight is 291 g/mol. The SMILES string of the molecule is FC(F)(F)C1=CC[CH]C(c2cccc(C(F)(F)F)c2)=C1. The summed E-state index contributed by atoms with van der Waals surface area (Å²) in [6.07, 6.45) is -5.66. The minimum absolute atomic E-state index is 0.0386. The molecule has 6 heteroatoms. The Morgan fingerprint density at radius 2 is 1.60 bits per heavy atom. The summed E-state index contributed by atoms with van der Waals surface area (Å²) >= 11 is 0. The molecule has 1 aromatic rings. The van der Waals surface area contributed by atoms with Gasteiger partial charge in [-0.15, -0.1) is 0 Å². The van der Waals surface area contributed by atoms with Crippen LogP contribution in [-0.2, 0) is 6.18 Å². The van der Waals surface area contributed by atoms with E-state index in [1.54, 1.807) is 0 Å². The summed E-state index contributed by atoms with van der Waals surface area (Å²) in [4.78, 5) is 0. The first-order valence-corrected chi connectivity index (χ1v) is 5.68.